The number of amides is 2. The molecule has 0 saturated carbocycles. The first-order chi connectivity index (χ1) is 9.11. The van der Waals surface area contributed by atoms with Crippen molar-refractivity contribution in [2.45, 2.75) is 33.7 Å². The van der Waals surface area contributed by atoms with Gasteiger partial charge in [0.2, 0.25) is 0 Å². The molecule has 0 radical (unpaired) electrons. The Kier molecular flexibility index (Phi) is 5.00. The van der Waals surface area contributed by atoms with E-state index in [1.165, 1.54) is 18.2 Å². The number of carbonyl (C=O) groups is 2. The Morgan fingerprint density at radius 1 is 1.30 bits per heavy atom. The minimum atomic E-state index is -1.15. The van der Waals surface area contributed by atoms with Gasteiger partial charge in [0, 0.05) is 11.1 Å². The number of benzene rings is 1. The van der Waals surface area contributed by atoms with Gasteiger partial charge in [-0.3, -0.25) is 0 Å². The van der Waals surface area contributed by atoms with E-state index in [0.29, 0.717) is 5.02 Å². The number of anilines is 1. The Labute approximate surface area is 123 Å². The second-order valence-corrected chi connectivity index (χ2v) is 6.12. The largest absolute Gasteiger partial charge is 0.478 e. The zero-order chi connectivity index (χ0) is 15.5. The fraction of sp³-hybridized carbons (Fsp3) is 0.429. The molecule has 0 fully saturated rings. The molecule has 110 valence electrons. The number of carbonyl (C=O) groups excluding carboxylic acids is 1. The van der Waals surface area contributed by atoms with Gasteiger partial charge in [0.05, 0.1) is 11.3 Å². The average molecular weight is 299 g/mol. The molecule has 1 rings (SSSR count). The molecule has 2 amide bonds. The lowest BCUT2D eigenvalue weighted by molar-refractivity contribution is 0.0698. The number of carboxylic acid groups (broad SMARTS) is 1. The molecule has 1 atom stereocenters. The van der Waals surface area contributed by atoms with Crippen molar-refractivity contribution in [1.29, 1.82) is 0 Å². The Balaban J connectivity index is 2.84. The van der Waals surface area contributed by atoms with Crippen LogP contribution in [0.4, 0.5) is 10.5 Å². The molecular formula is C14H19ClN2O3. The summed E-state index contributed by atoms with van der Waals surface area (Å²) in [5, 5.41) is 14.7. The van der Waals surface area contributed by atoms with Crippen LogP contribution in [0.5, 0.6) is 0 Å². The standard InChI is InChI=1S/C14H19ClN2O3/c1-8(14(2,3)4)16-13(20)17-11-6-5-9(15)7-10(11)12(18)19/h5-8H,1-4H3,(H,18,19)(H2,16,17,20). The first-order valence-corrected chi connectivity index (χ1v) is 6.59. The summed E-state index contributed by atoms with van der Waals surface area (Å²) in [6.07, 6.45) is 0. The van der Waals surface area contributed by atoms with E-state index in [0.717, 1.165) is 0 Å². The normalized spacial score (nSPS) is 12.7. The number of hydrogen-bond acceptors (Lipinski definition) is 2. The number of urea groups is 1. The molecule has 0 aromatic heterocycles. The summed E-state index contributed by atoms with van der Waals surface area (Å²) in [5.41, 5.74) is 0.0732. The molecular weight excluding hydrogens is 280 g/mol. The van der Waals surface area contributed by atoms with E-state index in [4.69, 9.17) is 16.7 Å². The highest BCUT2D eigenvalue weighted by molar-refractivity contribution is 6.31. The summed E-state index contributed by atoms with van der Waals surface area (Å²) in [4.78, 5) is 23.0. The van der Waals surface area contributed by atoms with E-state index in [1.807, 2.05) is 27.7 Å². The molecule has 1 aromatic rings. The van der Waals surface area contributed by atoms with Crippen molar-refractivity contribution in [2.75, 3.05) is 5.32 Å². The van der Waals surface area contributed by atoms with E-state index in [1.54, 1.807) is 0 Å². The van der Waals surface area contributed by atoms with Crippen molar-refractivity contribution < 1.29 is 14.7 Å². The predicted octanol–water partition coefficient (Wildman–Crippen LogP) is 3.59. The summed E-state index contributed by atoms with van der Waals surface area (Å²) in [6.45, 7) is 7.90. The average Bonchev–Trinajstić information content (AvgIpc) is 2.29. The zero-order valence-electron chi connectivity index (χ0n) is 12.0. The maximum absolute atomic E-state index is 11.9. The molecule has 0 bridgehead atoms. The molecule has 1 unspecified atom stereocenters. The Morgan fingerprint density at radius 2 is 1.90 bits per heavy atom. The van der Waals surface area contributed by atoms with Gasteiger partial charge < -0.3 is 15.7 Å². The Bertz CT molecular complexity index is 524. The van der Waals surface area contributed by atoms with Gasteiger partial charge in [-0.25, -0.2) is 9.59 Å². The first kappa shape index (κ1) is 16.3. The summed E-state index contributed by atoms with van der Waals surface area (Å²) in [7, 11) is 0. The van der Waals surface area contributed by atoms with Gasteiger partial charge in [-0.05, 0) is 30.5 Å². The number of rotatable bonds is 3. The second-order valence-electron chi connectivity index (χ2n) is 5.68. The fourth-order valence-corrected chi connectivity index (χ4v) is 1.55. The Hall–Kier alpha value is -1.75. The fourth-order valence-electron chi connectivity index (χ4n) is 1.37. The Morgan fingerprint density at radius 3 is 2.40 bits per heavy atom. The van der Waals surface area contributed by atoms with Gasteiger partial charge in [0.15, 0.2) is 0 Å². The van der Waals surface area contributed by atoms with Gasteiger partial charge in [0.1, 0.15) is 0 Å². The van der Waals surface area contributed by atoms with Gasteiger partial charge in [-0.15, -0.1) is 0 Å². The van der Waals surface area contributed by atoms with Gasteiger partial charge in [-0.2, -0.15) is 0 Å². The highest BCUT2D eigenvalue weighted by atomic mass is 35.5. The van der Waals surface area contributed by atoms with Crippen LogP contribution in [0.25, 0.3) is 0 Å². The smallest absolute Gasteiger partial charge is 0.337 e. The van der Waals surface area contributed by atoms with Crippen molar-refractivity contribution in [3.8, 4) is 0 Å². The lowest BCUT2D eigenvalue weighted by Gasteiger charge is -2.28. The molecule has 5 nitrogen and oxygen atoms in total. The quantitative estimate of drug-likeness (QED) is 0.798. The molecule has 6 heteroatoms. The predicted molar refractivity (Wildman–Crippen MR) is 79.5 cm³/mol. The van der Waals surface area contributed by atoms with Gasteiger partial charge in [-0.1, -0.05) is 32.4 Å². The minimum Gasteiger partial charge on any atom is -0.478 e. The van der Waals surface area contributed by atoms with Crippen LogP contribution in [-0.4, -0.2) is 23.1 Å². The van der Waals surface area contributed by atoms with E-state index in [2.05, 4.69) is 10.6 Å². The second kappa shape index (κ2) is 6.13. The zero-order valence-corrected chi connectivity index (χ0v) is 12.7. The van der Waals surface area contributed by atoms with Crippen molar-refractivity contribution in [3.05, 3.63) is 28.8 Å². The third-order valence-corrected chi connectivity index (χ3v) is 3.34. The molecule has 3 N–H and O–H groups in total. The number of nitrogens with one attached hydrogen (secondary N) is 2. The molecule has 0 aliphatic carbocycles. The van der Waals surface area contributed by atoms with Crippen LogP contribution in [0.3, 0.4) is 0 Å². The number of halogens is 1. The lowest BCUT2D eigenvalue weighted by Crippen LogP contribution is -2.43. The first-order valence-electron chi connectivity index (χ1n) is 6.21. The molecule has 0 aliphatic rings. The number of aromatic carboxylic acids is 1. The monoisotopic (exact) mass is 298 g/mol. The van der Waals surface area contributed by atoms with Crippen molar-refractivity contribution in [2.24, 2.45) is 5.41 Å². The van der Waals surface area contributed by atoms with E-state index in [9.17, 15) is 9.59 Å². The van der Waals surface area contributed by atoms with Gasteiger partial charge in [0.25, 0.3) is 0 Å². The van der Waals surface area contributed by atoms with Crippen molar-refractivity contribution in [3.63, 3.8) is 0 Å². The van der Waals surface area contributed by atoms with Crippen LogP contribution in [-0.2, 0) is 0 Å². The maximum atomic E-state index is 11.9. The molecule has 0 heterocycles. The van der Waals surface area contributed by atoms with Crippen LogP contribution < -0.4 is 10.6 Å². The molecule has 0 spiro atoms. The SMILES string of the molecule is CC(NC(=O)Nc1ccc(Cl)cc1C(=O)O)C(C)(C)C. The third-order valence-electron chi connectivity index (χ3n) is 3.11. The van der Waals surface area contributed by atoms with Crippen LogP contribution in [0.2, 0.25) is 5.02 Å². The van der Waals surface area contributed by atoms with Gasteiger partial charge >= 0.3 is 12.0 Å². The van der Waals surface area contributed by atoms with E-state index in [-0.39, 0.29) is 22.7 Å². The van der Waals surface area contributed by atoms with Crippen LogP contribution >= 0.6 is 11.6 Å². The third kappa shape index (κ3) is 4.42. The maximum Gasteiger partial charge on any atom is 0.337 e. The van der Waals surface area contributed by atoms with Crippen molar-refractivity contribution >= 4 is 29.3 Å². The molecule has 20 heavy (non-hydrogen) atoms. The topological polar surface area (TPSA) is 78.4 Å². The number of carboxylic acids is 1. The summed E-state index contributed by atoms with van der Waals surface area (Å²) in [5.74, 6) is -1.15. The molecule has 0 saturated heterocycles. The molecule has 0 aliphatic heterocycles. The highest BCUT2D eigenvalue weighted by Crippen LogP contribution is 2.22. The van der Waals surface area contributed by atoms with Crippen LogP contribution in [0, 0.1) is 5.41 Å². The highest BCUT2D eigenvalue weighted by Gasteiger charge is 2.22. The van der Waals surface area contributed by atoms with Crippen LogP contribution in [0.1, 0.15) is 38.1 Å². The summed E-state index contributed by atoms with van der Waals surface area (Å²) in [6, 6.07) is 3.77. The summed E-state index contributed by atoms with van der Waals surface area (Å²) < 4.78 is 0. The van der Waals surface area contributed by atoms with E-state index >= 15 is 0 Å². The summed E-state index contributed by atoms with van der Waals surface area (Å²) >= 11 is 5.75. The van der Waals surface area contributed by atoms with Crippen LogP contribution in [0.15, 0.2) is 18.2 Å². The molecule has 1 aromatic carbocycles. The number of hydrogen-bond donors (Lipinski definition) is 3. The van der Waals surface area contributed by atoms with E-state index < -0.39 is 12.0 Å². The van der Waals surface area contributed by atoms with Crippen molar-refractivity contribution in [1.82, 2.24) is 5.32 Å². The minimum absolute atomic E-state index is 0.0453. The lowest BCUT2D eigenvalue weighted by atomic mass is 9.88.